The van der Waals surface area contributed by atoms with E-state index in [2.05, 4.69) is 0 Å². The maximum atomic E-state index is 13.3. The van der Waals surface area contributed by atoms with E-state index in [0.717, 1.165) is 15.9 Å². The van der Waals surface area contributed by atoms with E-state index in [1.54, 1.807) is 0 Å². The highest BCUT2D eigenvalue weighted by atomic mass is 31.2. The lowest BCUT2D eigenvalue weighted by Crippen LogP contribution is -2.36. The molecule has 0 saturated carbocycles. The van der Waals surface area contributed by atoms with Gasteiger partial charge in [-0.1, -0.05) is 91.0 Å². The lowest BCUT2D eigenvalue weighted by Gasteiger charge is -2.32. The largest absolute Gasteiger partial charge is 0.466 e. The van der Waals surface area contributed by atoms with Crippen LogP contribution in [0.25, 0.3) is 0 Å². The van der Waals surface area contributed by atoms with Crippen LogP contribution in [0.3, 0.4) is 0 Å². The Hall–Kier alpha value is -3.10. The first kappa shape index (κ1) is 23.6. The Labute approximate surface area is 190 Å². The second-order valence-electron chi connectivity index (χ2n) is 8.38. The molecular formula is C27H29O4P. The van der Waals surface area contributed by atoms with E-state index in [1.807, 2.05) is 112 Å². The van der Waals surface area contributed by atoms with Gasteiger partial charge in [-0.25, -0.2) is 4.79 Å². The molecule has 166 valence electrons. The van der Waals surface area contributed by atoms with Gasteiger partial charge in [-0.05, 0) is 43.6 Å². The van der Waals surface area contributed by atoms with Crippen LogP contribution in [0.2, 0.25) is 0 Å². The highest BCUT2D eigenvalue weighted by Crippen LogP contribution is 2.47. The van der Waals surface area contributed by atoms with Gasteiger partial charge in [-0.2, -0.15) is 0 Å². The molecule has 0 bridgehead atoms. The van der Waals surface area contributed by atoms with E-state index >= 15 is 0 Å². The Morgan fingerprint density at radius 1 is 0.719 bits per heavy atom. The lowest BCUT2D eigenvalue weighted by atomic mass is 10.2. The molecule has 0 aromatic heterocycles. The van der Waals surface area contributed by atoms with Crippen molar-refractivity contribution in [1.29, 1.82) is 0 Å². The fourth-order valence-corrected chi connectivity index (χ4v) is 8.25. The van der Waals surface area contributed by atoms with Crippen LogP contribution < -0.4 is 15.9 Å². The monoisotopic (exact) mass is 451 g/mol. The van der Waals surface area contributed by atoms with Crippen LogP contribution in [0.5, 0.6) is 0 Å². The lowest BCUT2D eigenvalue weighted by molar-refractivity contribution is -0.153. The number of methoxy groups -OCH3 is 1. The summed E-state index contributed by atoms with van der Waals surface area (Å²) in [5.41, 5.74) is -0.661. The van der Waals surface area contributed by atoms with Crippen molar-refractivity contribution < 1.29 is 19.1 Å². The van der Waals surface area contributed by atoms with E-state index in [0.29, 0.717) is 5.29 Å². The van der Waals surface area contributed by atoms with E-state index in [9.17, 15) is 9.59 Å². The van der Waals surface area contributed by atoms with Crippen molar-refractivity contribution in [2.45, 2.75) is 32.8 Å². The molecule has 4 nitrogen and oxygen atoms in total. The third-order valence-corrected chi connectivity index (χ3v) is 9.36. The van der Waals surface area contributed by atoms with Gasteiger partial charge in [0.05, 0.1) is 18.8 Å². The quantitative estimate of drug-likeness (QED) is 0.322. The molecule has 0 aliphatic rings. The van der Waals surface area contributed by atoms with E-state index < -0.39 is 24.4 Å². The SMILES string of the molecule is COC(=O)[13C]([13CH2][13C](=O)OC(C)(C)C)=P(c1ccccc1)(c1ccccc1)c1ccccc1. The smallest absolute Gasteiger partial charge is 0.335 e. The number of benzene rings is 3. The summed E-state index contributed by atoms with van der Waals surface area (Å²) in [6.45, 7) is 2.73. The van der Waals surface area contributed by atoms with Gasteiger partial charge in [0.15, 0.2) is 0 Å². The Morgan fingerprint density at radius 3 is 1.41 bits per heavy atom. The van der Waals surface area contributed by atoms with Gasteiger partial charge in [0.1, 0.15) is 5.60 Å². The summed E-state index contributed by atoms with van der Waals surface area (Å²) >= 11 is 0. The molecule has 0 aliphatic heterocycles. The Bertz CT molecular complexity index is 1010. The zero-order valence-electron chi connectivity index (χ0n) is 18.9. The molecule has 3 aromatic rings. The van der Waals surface area contributed by atoms with Crippen LogP contribution >= 0.6 is 6.89 Å². The summed E-state index contributed by atoms with van der Waals surface area (Å²) < 4.78 is 10.9. The fraction of sp³-hybridized carbons (Fsp3) is 0.222. The summed E-state index contributed by atoms with van der Waals surface area (Å²) in [5, 5.41) is 3.34. The number of ether oxygens (including phenoxy) is 2. The third-order valence-electron chi connectivity index (χ3n) is 4.99. The van der Waals surface area contributed by atoms with Gasteiger partial charge in [0.2, 0.25) is 0 Å². The fourth-order valence-electron chi connectivity index (χ4n) is 3.83. The maximum absolute atomic E-state index is 13.3. The molecular weight excluding hydrogens is 422 g/mol. The minimum absolute atomic E-state index is 0.156. The van der Waals surface area contributed by atoms with E-state index in [4.69, 9.17) is 9.47 Å². The Balaban J connectivity index is 2.48. The number of hydrogen-bond acceptors (Lipinski definition) is 4. The van der Waals surface area contributed by atoms with E-state index in [1.165, 1.54) is 7.11 Å². The average molecular weight is 451 g/mol. The van der Waals surface area contributed by atoms with Gasteiger partial charge in [-0.3, -0.25) is 4.79 Å². The summed E-state index contributed by atoms with van der Waals surface area (Å²) in [5.74, 6) is -0.953. The molecule has 0 amide bonds. The molecule has 32 heavy (non-hydrogen) atoms. The molecule has 0 unspecified atom stereocenters. The average Bonchev–Trinajstić information content (AvgIpc) is 2.79. The third kappa shape index (κ3) is 5.03. The second-order valence-corrected chi connectivity index (χ2v) is 11.8. The molecule has 0 N–H and O–H groups in total. The number of rotatable bonds is 6. The van der Waals surface area contributed by atoms with Crippen LogP contribution in [0.4, 0.5) is 0 Å². The minimum atomic E-state index is -2.71. The van der Waals surface area contributed by atoms with Crippen molar-refractivity contribution in [1.82, 2.24) is 0 Å². The summed E-state index contributed by atoms with van der Waals surface area (Å²) in [7, 11) is 1.35. The molecule has 0 fully saturated rings. The number of hydrogen-bond donors (Lipinski definition) is 0. The van der Waals surface area contributed by atoms with Gasteiger partial charge >= 0.3 is 11.9 Å². The van der Waals surface area contributed by atoms with Crippen molar-refractivity contribution in [2.75, 3.05) is 7.11 Å². The number of carbonyl (C=O) groups is 2. The molecule has 5 heteroatoms. The zero-order valence-corrected chi connectivity index (χ0v) is 19.8. The zero-order chi connectivity index (χ0) is 23.2. The van der Waals surface area contributed by atoms with Crippen molar-refractivity contribution in [3.8, 4) is 0 Å². The molecule has 0 heterocycles. The van der Waals surface area contributed by atoms with Crippen LogP contribution in [0.15, 0.2) is 91.0 Å². The molecule has 0 radical (unpaired) electrons. The van der Waals surface area contributed by atoms with Crippen LogP contribution in [-0.2, 0) is 19.1 Å². The normalized spacial score (nSPS) is 11.5. The van der Waals surface area contributed by atoms with Crippen molar-refractivity contribution in [2.24, 2.45) is 0 Å². The van der Waals surface area contributed by atoms with Gasteiger partial charge in [-0.15, -0.1) is 0 Å². The molecule has 0 saturated heterocycles. The molecule has 0 atom stereocenters. The molecule has 0 spiro atoms. The van der Waals surface area contributed by atoms with Gasteiger partial charge in [0.25, 0.3) is 0 Å². The molecule has 0 aliphatic carbocycles. The first-order chi connectivity index (χ1) is 15.3. The second kappa shape index (κ2) is 10.0. The van der Waals surface area contributed by atoms with Gasteiger partial charge < -0.3 is 9.47 Å². The van der Waals surface area contributed by atoms with Crippen molar-refractivity contribution >= 4 is 40.0 Å². The van der Waals surface area contributed by atoms with Crippen LogP contribution in [0.1, 0.15) is 27.2 Å². The Morgan fingerprint density at radius 2 is 1.09 bits per heavy atom. The molecule has 3 aromatic carbocycles. The standard InChI is InChI=1S/C27H29O4P/c1-27(2,3)31-25(28)20-24(26(29)30-4)32(21-14-8-5-9-15-21,22-16-10-6-11-17-22)23-18-12-7-13-19-23/h5-19H,20H2,1-4H3/i20+1,24+1,25+1. The summed E-state index contributed by atoms with van der Waals surface area (Å²) in [4.78, 5) is 26.3. The number of carbonyl (C=O) groups excluding carboxylic acids is 2. The van der Waals surface area contributed by atoms with Crippen molar-refractivity contribution in [3.05, 3.63) is 91.0 Å². The number of esters is 2. The summed E-state index contributed by atoms with van der Waals surface area (Å²) in [6, 6.07) is 29.7. The van der Waals surface area contributed by atoms with Crippen LogP contribution in [0, 0.1) is 0 Å². The van der Waals surface area contributed by atoms with Crippen LogP contribution in [-0.4, -0.2) is 29.9 Å². The first-order valence-electron chi connectivity index (χ1n) is 10.5. The highest BCUT2D eigenvalue weighted by Gasteiger charge is 2.35. The predicted molar refractivity (Wildman–Crippen MR) is 133 cm³/mol. The summed E-state index contributed by atoms with van der Waals surface area (Å²) in [6.07, 6.45) is -0.156. The topological polar surface area (TPSA) is 52.6 Å². The van der Waals surface area contributed by atoms with Crippen molar-refractivity contribution in [3.63, 3.8) is 0 Å². The highest BCUT2D eigenvalue weighted by molar-refractivity contribution is 7.96. The minimum Gasteiger partial charge on any atom is -0.466 e. The van der Waals surface area contributed by atoms with Gasteiger partial charge in [0, 0.05) is 0 Å². The molecule has 3 rings (SSSR count). The Kier molecular flexibility index (Phi) is 7.37. The van der Waals surface area contributed by atoms with E-state index in [-0.39, 0.29) is 6.42 Å². The predicted octanol–water partition coefficient (Wildman–Crippen LogP) is 4.06. The maximum Gasteiger partial charge on any atom is 0.335 e. The first-order valence-corrected chi connectivity index (χ1v) is 12.3.